The van der Waals surface area contributed by atoms with Crippen LogP contribution in [-0.2, 0) is 0 Å². The predicted octanol–water partition coefficient (Wildman–Crippen LogP) is 3.62. The lowest BCUT2D eigenvalue weighted by Crippen LogP contribution is -2.25. The third kappa shape index (κ3) is 4.79. The smallest absolute Gasteiger partial charge is 0.126 e. The zero-order chi connectivity index (χ0) is 14.4. The second-order valence-corrected chi connectivity index (χ2v) is 5.83. The Morgan fingerprint density at radius 3 is 2.47 bits per heavy atom. The van der Waals surface area contributed by atoms with E-state index in [0.717, 1.165) is 30.3 Å². The fourth-order valence-electron chi connectivity index (χ4n) is 1.95. The lowest BCUT2D eigenvalue weighted by Gasteiger charge is -2.18. The average molecular weight is 285 g/mol. The number of hydrogen-bond acceptors (Lipinski definition) is 3. The van der Waals surface area contributed by atoms with Crippen molar-refractivity contribution in [3.63, 3.8) is 0 Å². The van der Waals surface area contributed by atoms with Gasteiger partial charge in [0.05, 0.1) is 6.10 Å². The van der Waals surface area contributed by atoms with Gasteiger partial charge in [0.15, 0.2) is 0 Å². The van der Waals surface area contributed by atoms with E-state index in [9.17, 15) is 9.50 Å². The molecule has 0 aliphatic carbocycles. The van der Waals surface area contributed by atoms with Gasteiger partial charge in [0, 0.05) is 17.2 Å². The van der Waals surface area contributed by atoms with E-state index < -0.39 is 6.10 Å². The van der Waals surface area contributed by atoms with E-state index in [1.54, 1.807) is 25.6 Å². The van der Waals surface area contributed by atoms with Gasteiger partial charge in [-0.3, -0.25) is 0 Å². The maximum absolute atomic E-state index is 13.6. The number of aliphatic hydroxyl groups is 1. The average Bonchev–Trinajstić information content (AvgIpc) is 2.38. The lowest BCUT2D eigenvalue weighted by molar-refractivity contribution is 0.196. The van der Waals surface area contributed by atoms with Crippen molar-refractivity contribution in [2.24, 2.45) is 0 Å². The van der Waals surface area contributed by atoms with Gasteiger partial charge in [-0.05, 0) is 50.2 Å². The Labute approximate surface area is 120 Å². The van der Waals surface area contributed by atoms with Crippen molar-refractivity contribution in [2.75, 3.05) is 25.4 Å². The van der Waals surface area contributed by atoms with Gasteiger partial charge in [-0.15, -0.1) is 11.8 Å². The molecule has 1 aromatic carbocycles. The Morgan fingerprint density at radius 1 is 1.32 bits per heavy atom. The molecule has 2 nitrogen and oxygen atoms in total. The molecule has 19 heavy (non-hydrogen) atoms. The van der Waals surface area contributed by atoms with E-state index in [-0.39, 0.29) is 5.82 Å². The minimum Gasteiger partial charge on any atom is -0.389 e. The van der Waals surface area contributed by atoms with Gasteiger partial charge < -0.3 is 10.0 Å². The van der Waals surface area contributed by atoms with Gasteiger partial charge in [0.2, 0.25) is 0 Å². The molecule has 0 saturated carbocycles. The molecule has 4 heteroatoms. The van der Waals surface area contributed by atoms with E-state index in [1.807, 2.05) is 6.07 Å². The Balaban J connectivity index is 2.74. The van der Waals surface area contributed by atoms with Crippen molar-refractivity contribution in [2.45, 2.75) is 38.7 Å². The first-order chi connectivity index (χ1) is 8.99. The first-order valence-corrected chi connectivity index (χ1v) is 7.81. The summed E-state index contributed by atoms with van der Waals surface area (Å²) in [6.07, 6.45) is -0.633. The molecule has 1 rings (SSSR count). The number of benzene rings is 1. The lowest BCUT2D eigenvalue weighted by atomic mass is 10.1. The Kier molecular flexibility index (Phi) is 6.83. The van der Waals surface area contributed by atoms with Gasteiger partial charge in [-0.25, -0.2) is 4.39 Å². The molecule has 0 fully saturated rings. The summed E-state index contributed by atoms with van der Waals surface area (Å²) in [5.74, 6) is 0.705. The molecule has 0 radical (unpaired) electrons. The van der Waals surface area contributed by atoms with E-state index in [1.165, 1.54) is 6.07 Å². The van der Waals surface area contributed by atoms with Crippen molar-refractivity contribution < 1.29 is 9.50 Å². The highest BCUT2D eigenvalue weighted by atomic mass is 32.2. The largest absolute Gasteiger partial charge is 0.389 e. The molecule has 0 spiro atoms. The first-order valence-electron chi connectivity index (χ1n) is 6.82. The summed E-state index contributed by atoms with van der Waals surface area (Å²) in [4.78, 5) is 3.34. The topological polar surface area (TPSA) is 23.5 Å². The maximum Gasteiger partial charge on any atom is 0.126 e. The zero-order valence-electron chi connectivity index (χ0n) is 12.2. The highest BCUT2D eigenvalue weighted by molar-refractivity contribution is 7.99. The van der Waals surface area contributed by atoms with Crippen molar-refractivity contribution in [1.82, 2.24) is 4.90 Å². The number of aryl methyl sites for hydroxylation is 1. The monoisotopic (exact) mass is 285 g/mol. The Morgan fingerprint density at radius 2 is 1.95 bits per heavy atom. The Bertz CT molecular complexity index is 405. The molecule has 0 heterocycles. The first kappa shape index (κ1) is 16.5. The molecule has 0 aliphatic rings. The molecule has 108 valence electrons. The van der Waals surface area contributed by atoms with Gasteiger partial charge in [-0.1, -0.05) is 13.8 Å². The van der Waals surface area contributed by atoms with Crippen LogP contribution in [0.25, 0.3) is 0 Å². The molecule has 0 amide bonds. The van der Waals surface area contributed by atoms with Crippen LogP contribution in [0.1, 0.15) is 38.0 Å². The number of thioether (sulfide) groups is 1. The number of hydrogen-bond donors (Lipinski definition) is 1. The summed E-state index contributed by atoms with van der Waals surface area (Å²) in [5, 5.41) is 9.73. The summed E-state index contributed by atoms with van der Waals surface area (Å²) in [6.45, 7) is 10.8. The van der Waals surface area contributed by atoms with Crippen molar-refractivity contribution >= 4 is 11.8 Å². The molecular formula is C15H24FNOS. The second-order valence-electron chi connectivity index (χ2n) is 4.69. The van der Waals surface area contributed by atoms with E-state index in [4.69, 9.17) is 0 Å². The number of halogens is 1. The van der Waals surface area contributed by atoms with Crippen LogP contribution in [0.15, 0.2) is 17.0 Å². The van der Waals surface area contributed by atoms with E-state index in [0.29, 0.717) is 11.1 Å². The Hall–Kier alpha value is -0.580. The number of nitrogens with zero attached hydrogens (tertiary/aromatic N) is 1. The normalized spacial score (nSPS) is 13.0. The van der Waals surface area contributed by atoms with Crippen molar-refractivity contribution in [3.8, 4) is 0 Å². The van der Waals surface area contributed by atoms with Crippen LogP contribution in [0.2, 0.25) is 0 Å². The summed E-state index contributed by atoms with van der Waals surface area (Å²) in [7, 11) is 0. The number of aliphatic hydroxyl groups excluding tert-OH is 1. The van der Waals surface area contributed by atoms with Gasteiger partial charge >= 0.3 is 0 Å². The third-order valence-corrected chi connectivity index (χ3v) is 4.35. The van der Waals surface area contributed by atoms with Gasteiger partial charge in [0.1, 0.15) is 5.82 Å². The van der Waals surface area contributed by atoms with Crippen LogP contribution in [0.5, 0.6) is 0 Å². The molecular weight excluding hydrogens is 261 g/mol. The molecule has 1 aromatic rings. The van der Waals surface area contributed by atoms with Crippen LogP contribution >= 0.6 is 11.8 Å². The van der Waals surface area contributed by atoms with Crippen LogP contribution in [0.4, 0.5) is 4.39 Å². The molecule has 0 aromatic heterocycles. The summed E-state index contributed by atoms with van der Waals surface area (Å²) in [5.41, 5.74) is 1.32. The highest BCUT2D eigenvalue weighted by Crippen LogP contribution is 2.30. The number of rotatable bonds is 7. The minimum atomic E-state index is -0.633. The molecule has 1 N–H and O–H groups in total. The second kappa shape index (κ2) is 7.88. The van der Waals surface area contributed by atoms with Gasteiger partial charge in [-0.2, -0.15) is 0 Å². The summed E-state index contributed by atoms with van der Waals surface area (Å²) in [6, 6.07) is 3.30. The SMILES string of the molecule is CCN(CC)CCSc1cc(C)c(F)cc1C(C)O. The quantitative estimate of drug-likeness (QED) is 0.774. The fraction of sp³-hybridized carbons (Fsp3) is 0.600. The van der Waals surface area contributed by atoms with Crippen LogP contribution in [0.3, 0.4) is 0 Å². The van der Waals surface area contributed by atoms with Gasteiger partial charge in [0.25, 0.3) is 0 Å². The van der Waals surface area contributed by atoms with E-state index in [2.05, 4.69) is 18.7 Å². The molecule has 1 atom stereocenters. The van der Waals surface area contributed by atoms with Crippen LogP contribution in [-0.4, -0.2) is 35.4 Å². The van der Waals surface area contributed by atoms with Crippen molar-refractivity contribution in [1.29, 1.82) is 0 Å². The summed E-state index contributed by atoms with van der Waals surface area (Å²) >= 11 is 1.69. The van der Waals surface area contributed by atoms with Crippen molar-refractivity contribution in [3.05, 3.63) is 29.1 Å². The summed E-state index contributed by atoms with van der Waals surface area (Å²) < 4.78 is 13.6. The maximum atomic E-state index is 13.6. The van der Waals surface area contributed by atoms with Crippen LogP contribution < -0.4 is 0 Å². The third-order valence-electron chi connectivity index (χ3n) is 3.30. The van der Waals surface area contributed by atoms with Crippen LogP contribution in [0, 0.1) is 12.7 Å². The highest BCUT2D eigenvalue weighted by Gasteiger charge is 2.12. The molecule has 0 aliphatic heterocycles. The predicted molar refractivity (Wildman–Crippen MR) is 80.3 cm³/mol. The van der Waals surface area contributed by atoms with E-state index >= 15 is 0 Å². The molecule has 1 unspecified atom stereocenters. The molecule has 0 bridgehead atoms. The fourth-order valence-corrected chi connectivity index (χ4v) is 3.17. The minimum absolute atomic E-state index is 0.246. The molecule has 0 saturated heterocycles. The standard InChI is InChI=1S/C15H24FNOS/c1-5-17(6-2)7-8-19-15-9-11(3)14(16)10-13(15)12(4)18/h9-10,12,18H,5-8H2,1-4H3. The zero-order valence-corrected chi connectivity index (χ0v) is 13.1.